The van der Waals surface area contributed by atoms with Crippen molar-refractivity contribution in [3.63, 3.8) is 0 Å². The van der Waals surface area contributed by atoms with Gasteiger partial charge in [0.05, 0.1) is 12.0 Å². The fourth-order valence-corrected chi connectivity index (χ4v) is 3.35. The van der Waals surface area contributed by atoms with Crippen LogP contribution >= 0.6 is 39.9 Å². The minimum Gasteiger partial charge on any atom is -0.490 e. The summed E-state index contributed by atoms with van der Waals surface area (Å²) in [4.78, 5) is 11.6. The van der Waals surface area contributed by atoms with Crippen LogP contribution < -0.4 is 9.47 Å². The maximum atomic E-state index is 11.6. The lowest BCUT2D eigenvalue weighted by atomic mass is 10.2. The van der Waals surface area contributed by atoms with Gasteiger partial charge in [0.25, 0.3) is 5.91 Å². The van der Waals surface area contributed by atoms with Crippen LogP contribution in [0.15, 0.2) is 58.1 Å². The summed E-state index contributed by atoms with van der Waals surface area (Å²) in [5.74, 6) is 1.74. The Hall–Kier alpha value is -1.90. The molecule has 8 heteroatoms. The number of nitrogens with zero attached hydrogens (tertiary/aromatic N) is 2. The SMILES string of the molecule is O=C1CSC(=S)N1/N=C\c1cccc(OCCOc2ccc(Br)cc2)c1. The zero-order valence-electron chi connectivity index (χ0n) is 13.6. The second kappa shape index (κ2) is 9.16. The lowest BCUT2D eigenvalue weighted by Gasteiger charge is -2.09. The number of thioether (sulfide) groups is 1. The highest BCUT2D eigenvalue weighted by atomic mass is 79.9. The van der Waals surface area contributed by atoms with Crippen molar-refractivity contribution in [2.45, 2.75) is 0 Å². The summed E-state index contributed by atoms with van der Waals surface area (Å²) in [6.07, 6.45) is 1.60. The van der Waals surface area contributed by atoms with E-state index in [-0.39, 0.29) is 5.91 Å². The van der Waals surface area contributed by atoms with E-state index >= 15 is 0 Å². The van der Waals surface area contributed by atoms with E-state index < -0.39 is 0 Å². The summed E-state index contributed by atoms with van der Waals surface area (Å²) in [6, 6.07) is 15.1. The van der Waals surface area contributed by atoms with E-state index in [4.69, 9.17) is 21.7 Å². The van der Waals surface area contributed by atoms with Crippen molar-refractivity contribution < 1.29 is 14.3 Å². The van der Waals surface area contributed by atoms with Crippen LogP contribution in [-0.4, -0.2) is 40.4 Å². The van der Waals surface area contributed by atoms with Gasteiger partial charge in [0.15, 0.2) is 4.32 Å². The number of halogens is 1. The molecule has 0 unspecified atom stereocenters. The molecule has 2 aromatic rings. The number of amides is 1. The average Bonchev–Trinajstić information content (AvgIpc) is 2.97. The van der Waals surface area contributed by atoms with E-state index in [0.29, 0.717) is 29.0 Å². The zero-order valence-corrected chi connectivity index (χ0v) is 16.9. The van der Waals surface area contributed by atoms with Gasteiger partial charge in [-0.15, -0.1) is 0 Å². The van der Waals surface area contributed by atoms with E-state index in [2.05, 4.69) is 21.0 Å². The van der Waals surface area contributed by atoms with Crippen molar-refractivity contribution >= 4 is 56.4 Å². The Labute approximate surface area is 169 Å². The van der Waals surface area contributed by atoms with Crippen LogP contribution in [0.3, 0.4) is 0 Å². The quantitative estimate of drug-likeness (QED) is 0.361. The molecule has 134 valence electrons. The van der Waals surface area contributed by atoms with Gasteiger partial charge in [-0.05, 0) is 42.0 Å². The van der Waals surface area contributed by atoms with Gasteiger partial charge in [0, 0.05) is 4.47 Å². The molecule has 2 aromatic carbocycles. The van der Waals surface area contributed by atoms with Crippen LogP contribution in [0.1, 0.15) is 5.56 Å². The molecule has 1 aliphatic heterocycles. The molecule has 0 atom stereocenters. The number of hydrazone groups is 1. The normalized spacial score (nSPS) is 14.3. The number of benzene rings is 2. The van der Waals surface area contributed by atoms with Crippen molar-refractivity contribution in [2.75, 3.05) is 19.0 Å². The Morgan fingerprint density at radius 1 is 1.15 bits per heavy atom. The Bertz CT molecular complexity index is 811. The number of hydrogen-bond donors (Lipinski definition) is 0. The molecule has 0 N–H and O–H groups in total. The maximum absolute atomic E-state index is 11.6. The molecule has 1 heterocycles. The molecule has 1 aliphatic rings. The average molecular weight is 451 g/mol. The first-order valence-corrected chi connectivity index (χ1v) is 9.95. The largest absolute Gasteiger partial charge is 0.490 e. The molecule has 1 amide bonds. The lowest BCUT2D eigenvalue weighted by molar-refractivity contribution is -0.123. The Balaban J connectivity index is 1.50. The van der Waals surface area contributed by atoms with E-state index in [1.165, 1.54) is 16.8 Å². The van der Waals surface area contributed by atoms with Gasteiger partial charge in [0.2, 0.25) is 0 Å². The van der Waals surface area contributed by atoms with Gasteiger partial charge >= 0.3 is 0 Å². The predicted molar refractivity (Wildman–Crippen MR) is 111 cm³/mol. The molecular formula is C18H15BrN2O3S2. The fourth-order valence-electron chi connectivity index (χ4n) is 2.12. The zero-order chi connectivity index (χ0) is 18.4. The summed E-state index contributed by atoms with van der Waals surface area (Å²) >= 11 is 9.79. The molecule has 0 aromatic heterocycles. The van der Waals surface area contributed by atoms with Gasteiger partial charge in [-0.3, -0.25) is 4.79 Å². The van der Waals surface area contributed by atoms with E-state index in [9.17, 15) is 4.79 Å². The van der Waals surface area contributed by atoms with Gasteiger partial charge in [-0.1, -0.05) is 52.0 Å². The monoisotopic (exact) mass is 450 g/mol. The van der Waals surface area contributed by atoms with Crippen molar-refractivity contribution in [1.82, 2.24) is 5.01 Å². The third-order valence-corrected chi connectivity index (χ3v) is 5.21. The molecule has 26 heavy (non-hydrogen) atoms. The predicted octanol–water partition coefficient (Wildman–Crippen LogP) is 4.10. The van der Waals surface area contributed by atoms with Crippen molar-refractivity contribution in [1.29, 1.82) is 0 Å². The van der Waals surface area contributed by atoms with Gasteiger partial charge in [-0.2, -0.15) is 10.1 Å². The van der Waals surface area contributed by atoms with Crippen LogP contribution in [-0.2, 0) is 4.79 Å². The van der Waals surface area contributed by atoms with E-state index in [1.54, 1.807) is 6.21 Å². The van der Waals surface area contributed by atoms with Gasteiger partial charge in [-0.25, -0.2) is 0 Å². The molecular weight excluding hydrogens is 436 g/mol. The topological polar surface area (TPSA) is 51.1 Å². The second-order valence-corrected chi connectivity index (χ2v) is 7.75. The number of rotatable bonds is 7. The molecule has 0 saturated carbocycles. The second-order valence-electron chi connectivity index (χ2n) is 5.23. The van der Waals surface area contributed by atoms with Crippen molar-refractivity contribution in [3.05, 3.63) is 58.6 Å². The van der Waals surface area contributed by atoms with Gasteiger partial charge < -0.3 is 9.47 Å². The number of ether oxygens (including phenoxy) is 2. The first-order chi connectivity index (χ1) is 12.6. The van der Waals surface area contributed by atoms with Crippen molar-refractivity contribution in [2.24, 2.45) is 5.10 Å². The summed E-state index contributed by atoms with van der Waals surface area (Å²) in [5.41, 5.74) is 0.823. The number of thiocarbonyl (C=S) groups is 1. The Morgan fingerprint density at radius 2 is 1.88 bits per heavy atom. The smallest absolute Gasteiger partial charge is 0.259 e. The first-order valence-electron chi connectivity index (χ1n) is 7.77. The third kappa shape index (κ3) is 5.30. The number of carbonyl (C=O) groups is 1. The first kappa shape index (κ1) is 18.9. The van der Waals surface area contributed by atoms with E-state index in [1.807, 2.05) is 48.5 Å². The summed E-state index contributed by atoms with van der Waals surface area (Å²) in [5, 5.41) is 5.40. The fraction of sp³-hybridized carbons (Fsp3) is 0.167. The standard InChI is InChI=1S/C18H15BrN2O3S2/c19-14-4-6-15(7-5-14)23-8-9-24-16-3-1-2-13(10-16)11-20-21-17(22)12-26-18(21)25/h1-7,10-11H,8-9,12H2/b20-11-. The van der Waals surface area contributed by atoms with Crippen LogP contribution in [0.25, 0.3) is 0 Å². The molecule has 0 aliphatic carbocycles. The highest BCUT2D eigenvalue weighted by molar-refractivity contribution is 9.10. The molecule has 1 fully saturated rings. The molecule has 3 rings (SSSR count). The lowest BCUT2D eigenvalue weighted by Crippen LogP contribution is -2.22. The molecule has 5 nitrogen and oxygen atoms in total. The van der Waals surface area contributed by atoms with Crippen LogP contribution in [0.5, 0.6) is 11.5 Å². The molecule has 0 radical (unpaired) electrons. The van der Waals surface area contributed by atoms with Crippen LogP contribution in [0, 0.1) is 0 Å². The highest BCUT2D eigenvalue weighted by Gasteiger charge is 2.25. The molecule has 1 saturated heterocycles. The maximum Gasteiger partial charge on any atom is 0.259 e. The van der Waals surface area contributed by atoms with E-state index in [0.717, 1.165) is 15.8 Å². The minimum atomic E-state index is -0.103. The summed E-state index contributed by atoms with van der Waals surface area (Å²) < 4.78 is 12.8. The third-order valence-electron chi connectivity index (χ3n) is 3.34. The minimum absolute atomic E-state index is 0.103. The van der Waals surface area contributed by atoms with Gasteiger partial charge in [0.1, 0.15) is 24.7 Å². The Morgan fingerprint density at radius 3 is 2.58 bits per heavy atom. The molecule has 0 bridgehead atoms. The van der Waals surface area contributed by atoms with Crippen molar-refractivity contribution in [3.8, 4) is 11.5 Å². The number of hydrogen-bond acceptors (Lipinski definition) is 6. The number of carbonyl (C=O) groups excluding carboxylic acids is 1. The summed E-state index contributed by atoms with van der Waals surface area (Å²) in [6.45, 7) is 0.857. The summed E-state index contributed by atoms with van der Waals surface area (Å²) in [7, 11) is 0. The van der Waals surface area contributed by atoms with Crippen LogP contribution in [0.4, 0.5) is 0 Å². The Kier molecular flexibility index (Phi) is 6.65. The molecule has 0 spiro atoms. The van der Waals surface area contributed by atoms with Crippen LogP contribution in [0.2, 0.25) is 0 Å². The highest BCUT2D eigenvalue weighted by Crippen LogP contribution is 2.20.